The lowest BCUT2D eigenvalue weighted by Gasteiger charge is -2.17. The van der Waals surface area contributed by atoms with E-state index < -0.39 is 0 Å². The largest absolute Gasteiger partial charge is 0.351 e. The van der Waals surface area contributed by atoms with Crippen LogP contribution in [0.15, 0.2) is 79.3 Å². The molecule has 1 aliphatic rings. The molecule has 1 aliphatic carbocycles. The van der Waals surface area contributed by atoms with E-state index in [1.54, 1.807) is 12.5 Å². The number of nitrogens with zero attached hydrogens (tertiary/aromatic N) is 3. The Hall–Kier alpha value is -3.47. The van der Waals surface area contributed by atoms with Gasteiger partial charge in [0.15, 0.2) is 0 Å². The SMILES string of the molecule is O=C(NCc1cccnc1-n1cnc2ccccc21)C1(c2ccccc2)CC1. The third kappa shape index (κ3) is 2.76. The van der Waals surface area contributed by atoms with Gasteiger partial charge in [0, 0.05) is 18.3 Å². The van der Waals surface area contributed by atoms with Crippen LogP contribution in [0.1, 0.15) is 24.0 Å². The molecule has 0 aliphatic heterocycles. The molecule has 0 saturated heterocycles. The van der Waals surface area contributed by atoms with Crippen LogP contribution < -0.4 is 5.32 Å². The van der Waals surface area contributed by atoms with Gasteiger partial charge in [-0.05, 0) is 36.6 Å². The molecule has 0 spiro atoms. The first-order chi connectivity index (χ1) is 13.8. The fourth-order valence-electron chi connectivity index (χ4n) is 3.79. The van der Waals surface area contributed by atoms with Crippen LogP contribution >= 0.6 is 0 Å². The highest BCUT2D eigenvalue weighted by Crippen LogP contribution is 2.48. The molecule has 28 heavy (non-hydrogen) atoms. The number of aromatic nitrogens is 3. The van der Waals surface area contributed by atoms with Crippen molar-refractivity contribution in [3.63, 3.8) is 0 Å². The number of benzene rings is 2. The summed E-state index contributed by atoms with van der Waals surface area (Å²) in [6.07, 6.45) is 5.34. The molecule has 2 aromatic carbocycles. The van der Waals surface area contributed by atoms with E-state index in [1.807, 2.05) is 71.3 Å². The molecule has 4 aromatic rings. The van der Waals surface area contributed by atoms with Crippen LogP contribution in [0.2, 0.25) is 0 Å². The summed E-state index contributed by atoms with van der Waals surface area (Å²) in [6.45, 7) is 0.434. The number of carbonyl (C=O) groups is 1. The number of fused-ring (bicyclic) bond motifs is 1. The topological polar surface area (TPSA) is 59.8 Å². The van der Waals surface area contributed by atoms with Gasteiger partial charge in [0.25, 0.3) is 0 Å². The average Bonchev–Trinajstić information content (AvgIpc) is 3.47. The van der Waals surface area contributed by atoms with Crippen molar-refractivity contribution in [2.24, 2.45) is 0 Å². The Morgan fingerprint density at radius 2 is 1.75 bits per heavy atom. The number of para-hydroxylation sites is 2. The number of hydrogen-bond acceptors (Lipinski definition) is 3. The molecular weight excluding hydrogens is 348 g/mol. The molecule has 1 fully saturated rings. The van der Waals surface area contributed by atoms with E-state index in [1.165, 1.54) is 0 Å². The normalized spacial score (nSPS) is 14.7. The first kappa shape index (κ1) is 16.7. The summed E-state index contributed by atoms with van der Waals surface area (Å²) in [5, 5.41) is 3.14. The summed E-state index contributed by atoms with van der Waals surface area (Å²) in [5.74, 6) is 0.880. The molecule has 0 unspecified atom stereocenters. The van der Waals surface area contributed by atoms with Crippen LogP contribution in [-0.4, -0.2) is 20.4 Å². The number of rotatable bonds is 5. The summed E-state index contributed by atoms with van der Waals surface area (Å²) in [7, 11) is 0. The van der Waals surface area contributed by atoms with Crippen molar-refractivity contribution in [2.45, 2.75) is 24.8 Å². The molecule has 5 heteroatoms. The smallest absolute Gasteiger partial charge is 0.230 e. The third-order valence-corrected chi connectivity index (χ3v) is 5.50. The molecule has 2 heterocycles. The van der Waals surface area contributed by atoms with E-state index in [2.05, 4.69) is 15.3 Å². The lowest BCUT2D eigenvalue weighted by atomic mass is 9.95. The monoisotopic (exact) mass is 368 g/mol. The Morgan fingerprint density at radius 3 is 2.57 bits per heavy atom. The molecular formula is C23H20N4O. The van der Waals surface area contributed by atoms with Crippen molar-refractivity contribution in [1.29, 1.82) is 0 Å². The zero-order valence-corrected chi connectivity index (χ0v) is 15.4. The fourth-order valence-corrected chi connectivity index (χ4v) is 3.79. The van der Waals surface area contributed by atoms with E-state index in [4.69, 9.17) is 0 Å². The number of amides is 1. The summed E-state index contributed by atoms with van der Waals surface area (Å²) in [5.41, 5.74) is 3.61. The van der Waals surface area contributed by atoms with Crippen molar-refractivity contribution in [1.82, 2.24) is 19.9 Å². The average molecular weight is 368 g/mol. The second-order valence-electron chi connectivity index (χ2n) is 7.22. The summed E-state index contributed by atoms with van der Waals surface area (Å²) >= 11 is 0. The third-order valence-electron chi connectivity index (χ3n) is 5.50. The number of nitrogens with one attached hydrogen (secondary N) is 1. The van der Waals surface area contributed by atoms with Gasteiger partial charge in [-0.25, -0.2) is 9.97 Å². The fraction of sp³-hybridized carbons (Fsp3) is 0.174. The van der Waals surface area contributed by atoms with Crippen LogP contribution in [0.4, 0.5) is 0 Å². The number of hydrogen-bond donors (Lipinski definition) is 1. The first-order valence-corrected chi connectivity index (χ1v) is 9.48. The molecule has 0 radical (unpaired) electrons. The van der Waals surface area contributed by atoms with E-state index >= 15 is 0 Å². The Morgan fingerprint density at radius 1 is 0.964 bits per heavy atom. The van der Waals surface area contributed by atoms with Crippen LogP contribution in [0.3, 0.4) is 0 Å². The Labute approximate surface area is 163 Å². The van der Waals surface area contributed by atoms with Crippen LogP contribution in [0.25, 0.3) is 16.9 Å². The minimum absolute atomic E-state index is 0.0870. The van der Waals surface area contributed by atoms with Gasteiger partial charge < -0.3 is 5.32 Å². The Balaban J connectivity index is 1.41. The molecule has 1 amide bonds. The van der Waals surface area contributed by atoms with Gasteiger partial charge in [-0.1, -0.05) is 48.5 Å². The second-order valence-corrected chi connectivity index (χ2v) is 7.22. The standard InChI is InChI=1S/C23H20N4O/c28-22(23(12-13-23)18-8-2-1-3-9-18)25-15-17-7-6-14-24-21(17)27-16-26-19-10-4-5-11-20(19)27/h1-11,14,16H,12-13,15H2,(H,25,28). The van der Waals surface area contributed by atoms with Gasteiger partial charge in [-0.2, -0.15) is 0 Å². The zero-order valence-electron chi connectivity index (χ0n) is 15.4. The summed E-state index contributed by atoms with van der Waals surface area (Å²) in [6, 6.07) is 21.9. The first-order valence-electron chi connectivity index (χ1n) is 9.48. The van der Waals surface area contributed by atoms with E-state index in [0.29, 0.717) is 6.54 Å². The van der Waals surface area contributed by atoms with E-state index in [-0.39, 0.29) is 11.3 Å². The highest BCUT2D eigenvalue weighted by molar-refractivity contribution is 5.91. The van der Waals surface area contributed by atoms with Crippen molar-refractivity contribution in [2.75, 3.05) is 0 Å². The van der Waals surface area contributed by atoms with Gasteiger partial charge in [-0.15, -0.1) is 0 Å². The predicted molar refractivity (Wildman–Crippen MR) is 108 cm³/mol. The molecule has 138 valence electrons. The van der Waals surface area contributed by atoms with Crippen molar-refractivity contribution in [3.05, 3.63) is 90.4 Å². The molecule has 5 rings (SSSR count). The minimum atomic E-state index is -0.370. The van der Waals surface area contributed by atoms with Gasteiger partial charge in [0.1, 0.15) is 12.1 Å². The number of pyridine rings is 1. The summed E-state index contributed by atoms with van der Waals surface area (Å²) < 4.78 is 1.97. The lowest BCUT2D eigenvalue weighted by molar-refractivity contribution is -0.123. The van der Waals surface area contributed by atoms with Crippen molar-refractivity contribution < 1.29 is 4.79 Å². The quantitative estimate of drug-likeness (QED) is 0.583. The highest BCUT2D eigenvalue weighted by Gasteiger charge is 2.50. The van der Waals surface area contributed by atoms with Crippen LogP contribution in [-0.2, 0) is 16.8 Å². The van der Waals surface area contributed by atoms with E-state index in [0.717, 1.165) is 40.8 Å². The van der Waals surface area contributed by atoms with Gasteiger partial charge in [-0.3, -0.25) is 9.36 Å². The van der Waals surface area contributed by atoms with Gasteiger partial charge >= 0.3 is 0 Å². The predicted octanol–water partition coefficient (Wildman–Crippen LogP) is 3.77. The number of imidazole rings is 1. The van der Waals surface area contributed by atoms with Gasteiger partial charge in [0.05, 0.1) is 16.4 Å². The van der Waals surface area contributed by atoms with Crippen LogP contribution in [0.5, 0.6) is 0 Å². The maximum absolute atomic E-state index is 13.0. The minimum Gasteiger partial charge on any atom is -0.351 e. The Kier molecular flexibility index (Phi) is 3.93. The van der Waals surface area contributed by atoms with Crippen LogP contribution in [0, 0.1) is 0 Å². The maximum Gasteiger partial charge on any atom is 0.230 e. The molecule has 0 atom stereocenters. The molecule has 2 aromatic heterocycles. The van der Waals surface area contributed by atoms with Crippen molar-refractivity contribution in [3.8, 4) is 5.82 Å². The second kappa shape index (κ2) is 6.60. The number of carbonyl (C=O) groups excluding carboxylic acids is 1. The molecule has 1 saturated carbocycles. The summed E-state index contributed by atoms with van der Waals surface area (Å²) in [4.78, 5) is 22.0. The van der Waals surface area contributed by atoms with Gasteiger partial charge in [0.2, 0.25) is 5.91 Å². The Bertz CT molecular complexity index is 1150. The molecule has 1 N–H and O–H groups in total. The molecule has 0 bridgehead atoms. The lowest BCUT2D eigenvalue weighted by Crippen LogP contribution is -2.34. The maximum atomic E-state index is 13.0. The molecule has 5 nitrogen and oxygen atoms in total. The van der Waals surface area contributed by atoms with E-state index in [9.17, 15) is 4.79 Å². The van der Waals surface area contributed by atoms with Crippen molar-refractivity contribution >= 4 is 16.9 Å². The highest BCUT2D eigenvalue weighted by atomic mass is 16.2. The zero-order chi connectivity index (χ0) is 19.0.